The molecule has 74 heavy (non-hydrogen) atoms. The van der Waals surface area contributed by atoms with Crippen molar-refractivity contribution >= 4 is 76.5 Å². The van der Waals surface area contributed by atoms with Crippen LogP contribution >= 0.6 is 11.6 Å². The monoisotopic (exact) mass is 1060 g/mol. The summed E-state index contributed by atoms with van der Waals surface area (Å²) < 4.78 is 0. The van der Waals surface area contributed by atoms with Gasteiger partial charge in [-0.25, -0.2) is 9.79 Å². The zero-order valence-corrected chi connectivity index (χ0v) is 42.4. The third-order valence-corrected chi connectivity index (χ3v) is 11.7. The van der Waals surface area contributed by atoms with Crippen molar-refractivity contribution in [3.63, 3.8) is 0 Å². The van der Waals surface area contributed by atoms with E-state index in [-0.39, 0.29) is 82.8 Å². The number of nitrogens with one attached hydrogen (secondary N) is 6. The molecule has 1 aromatic rings. The number of carbonyl (C=O) groups is 9. The quantitative estimate of drug-likeness (QED) is 0.0136. The lowest BCUT2D eigenvalue weighted by Crippen LogP contribution is -2.60. The van der Waals surface area contributed by atoms with E-state index in [0.29, 0.717) is 49.2 Å². The van der Waals surface area contributed by atoms with E-state index in [1.807, 2.05) is 0 Å². The minimum Gasteiger partial charge on any atom is -0.477 e. The molecule has 0 aliphatic carbocycles. The number of hydrogen-bond donors (Lipinski definition) is 15. The van der Waals surface area contributed by atoms with E-state index in [0.717, 1.165) is 0 Å². The van der Waals surface area contributed by atoms with Crippen LogP contribution in [0.15, 0.2) is 46.0 Å². The van der Waals surface area contributed by atoms with Crippen LogP contribution in [0.2, 0.25) is 5.02 Å². The summed E-state index contributed by atoms with van der Waals surface area (Å²) in [5, 5.41) is 35.3. The summed E-state index contributed by atoms with van der Waals surface area (Å²) in [7, 11) is 0. The summed E-state index contributed by atoms with van der Waals surface area (Å²) in [6, 6.07) is -1.26. The van der Waals surface area contributed by atoms with Gasteiger partial charge in [-0.05, 0) is 108 Å². The number of rotatable bonds is 33. The van der Waals surface area contributed by atoms with Crippen LogP contribution in [0.1, 0.15) is 83.1 Å². The van der Waals surface area contributed by atoms with Gasteiger partial charge in [-0.2, -0.15) is 0 Å². The minimum atomic E-state index is -1.57. The maximum Gasteiger partial charge on any atom is 0.352 e. The van der Waals surface area contributed by atoms with E-state index < -0.39 is 114 Å². The van der Waals surface area contributed by atoms with Gasteiger partial charge < -0.3 is 87.1 Å². The average molecular weight is 1060 g/mol. The topological polar surface area (TPSA) is 476 Å². The van der Waals surface area contributed by atoms with Gasteiger partial charge in [0.15, 0.2) is 5.96 Å². The number of aliphatic imine (C=N–C) groups is 2. The van der Waals surface area contributed by atoms with Gasteiger partial charge in [0.05, 0.1) is 18.7 Å². The van der Waals surface area contributed by atoms with E-state index in [4.69, 9.17) is 51.7 Å². The first-order valence-corrected chi connectivity index (χ1v) is 24.7. The highest BCUT2D eigenvalue weighted by Crippen LogP contribution is 2.20. The first-order chi connectivity index (χ1) is 35.2. The Morgan fingerprint density at radius 3 is 2.14 bits per heavy atom. The molecule has 2 rings (SSSR count). The summed E-state index contributed by atoms with van der Waals surface area (Å²) in [6.07, 6.45) is 2.45. The SMILES string of the molecule is C[C@H](NC(=O)[C@@H](NC(=O)[C@@H](N)CCCCN)[C@@H](O)CN)C(=O)NCC(=O)N=C(CCCN)C(=O)N1CCC[C@H]1C(=O)N[C@@H](Cc1cccc(Cl)c1)C(=O)N[C@@H](CCCCN)C(=O)N/C(=C\CCN=C(N)N)C(=O)O. The van der Waals surface area contributed by atoms with Crippen LogP contribution in [0.3, 0.4) is 0 Å². The molecule has 28 heteroatoms. The van der Waals surface area contributed by atoms with Gasteiger partial charge in [0.1, 0.15) is 41.6 Å². The number of carboxylic acid groups (broad SMARTS) is 1. The number of aliphatic hydroxyl groups is 1. The van der Waals surface area contributed by atoms with Gasteiger partial charge in [0, 0.05) is 31.1 Å². The standard InChI is InChI=1S/C46H75ClN16O11/c1-26(57-43(71)37(35(64)24-51)62-39(67)29(52)12-2-4-17-48)38(66)56-25-36(65)58-31(14-7-19-50)44(72)63-21-9-16-34(63)42(70)61-33(23-27-10-6-11-28(47)22-27)41(69)59-30(13-3-5-18-49)40(68)60-32(45(73)74)15-8-20-55-46(53)54/h6,10-11,15,22,26,29-30,33-35,37,64H,2-5,7-9,12-14,16-21,23-25,48-52H2,1H3,(H,56,66)(H,57,71)(H,59,69)(H,60,68)(H,61,70)(H,62,67)(H,73,74)(H4,53,54,55)/b32-15-,58-31?/t26-,29-,30-,33-,34-,35-,37-/m0/s1. The molecule has 22 N–H and O–H groups in total. The third kappa shape index (κ3) is 22.7. The minimum absolute atomic E-state index is 0.0354. The van der Waals surface area contributed by atoms with Gasteiger partial charge in [-0.1, -0.05) is 36.2 Å². The van der Waals surface area contributed by atoms with Crippen molar-refractivity contribution in [1.29, 1.82) is 0 Å². The molecule has 1 aliphatic heterocycles. The van der Waals surface area contributed by atoms with E-state index in [1.165, 1.54) is 17.9 Å². The third-order valence-electron chi connectivity index (χ3n) is 11.4. The molecule has 1 fully saturated rings. The Labute approximate surface area is 434 Å². The largest absolute Gasteiger partial charge is 0.477 e. The van der Waals surface area contributed by atoms with E-state index in [9.17, 15) is 53.4 Å². The molecule has 1 saturated heterocycles. The first kappa shape index (κ1) is 63.5. The molecule has 0 bridgehead atoms. The van der Waals surface area contributed by atoms with E-state index in [1.54, 1.807) is 24.3 Å². The molecule has 0 aromatic heterocycles. The summed E-state index contributed by atoms with van der Waals surface area (Å²) in [5.41, 5.74) is 38.8. The number of aliphatic carboxylic acids is 1. The highest BCUT2D eigenvalue weighted by Gasteiger charge is 2.38. The summed E-state index contributed by atoms with van der Waals surface area (Å²) in [5.74, 6) is -8.42. The first-order valence-electron chi connectivity index (χ1n) is 24.4. The van der Waals surface area contributed by atoms with Crippen molar-refractivity contribution < 1.29 is 53.4 Å². The maximum atomic E-state index is 14.2. The van der Waals surface area contributed by atoms with Gasteiger partial charge in [0.25, 0.3) is 11.8 Å². The Hall–Kier alpha value is -6.62. The number of benzene rings is 1. The second-order valence-electron chi connectivity index (χ2n) is 17.4. The number of carbonyl (C=O) groups excluding carboxylic acids is 8. The number of amides is 8. The van der Waals surface area contributed by atoms with Crippen molar-refractivity contribution in [1.82, 2.24) is 36.8 Å². The van der Waals surface area contributed by atoms with Crippen LogP contribution in [0.4, 0.5) is 0 Å². The second-order valence-corrected chi connectivity index (χ2v) is 17.8. The van der Waals surface area contributed by atoms with Crippen LogP contribution in [0.25, 0.3) is 0 Å². The van der Waals surface area contributed by atoms with Gasteiger partial charge >= 0.3 is 5.97 Å². The molecule has 1 heterocycles. The van der Waals surface area contributed by atoms with Crippen molar-refractivity contribution in [2.24, 2.45) is 50.1 Å². The van der Waals surface area contributed by atoms with Gasteiger partial charge in [-0.3, -0.25) is 43.3 Å². The fraction of sp³-hybridized carbons (Fsp3) is 0.587. The Morgan fingerprint density at radius 1 is 0.838 bits per heavy atom. The number of carboxylic acids is 1. The number of nitrogens with two attached hydrogens (primary N) is 7. The fourth-order valence-electron chi connectivity index (χ4n) is 7.40. The smallest absolute Gasteiger partial charge is 0.352 e. The molecule has 0 spiro atoms. The molecular formula is C46H75ClN16O11. The van der Waals surface area contributed by atoms with Crippen LogP contribution in [0, 0.1) is 0 Å². The molecule has 27 nitrogen and oxygen atoms in total. The molecule has 0 radical (unpaired) electrons. The van der Waals surface area contributed by atoms with Crippen molar-refractivity contribution in [2.75, 3.05) is 45.8 Å². The number of guanidine groups is 1. The molecule has 0 unspecified atom stereocenters. The van der Waals surface area contributed by atoms with Crippen molar-refractivity contribution in [3.8, 4) is 0 Å². The number of likely N-dealkylation sites (tertiary alicyclic amines) is 1. The van der Waals surface area contributed by atoms with Gasteiger partial charge in [0.2, 0.25) is 35.4 Å². The summed E-state index contributed by atoms with van der Waals surface area (Å²) >= 11 is 6.26. The second kappa shape index (κ2) is 34.0. The molecule has 1 aliphatic rings. The molecule has 7 atom stereocenters. The number of unbranched alkanes of at least 4 members (excludes halogenated alkanes) is 2. The zero-order valence-electron chi connectivity index (χ0n) is 41.7. The lowest BCUT2D eigenvalue weighted by atomic mass is 10.0. The highest BCUT2D eigenvalue weighted by atomic mass is 35.5. The number of hydrogen-bond acceptors (Lipinski definition) is 16. The fourth-order valence-corrected chi connectivity index (χ4v) is 7.61. The summed E-state index contributed by atoms with van der Waals surface area (Å²) in [6.45, 7) is 0.970. The number of aliphatic hydroxyl groups excluding tert-OH is 1. The van der Waals surface area contributed by atoms with Crippen molar-refractivity contribution in [3.05, 3.63) is 46.6 Å². The summed E-state index contributed by atoms with van der Waals surface area (Å²) in [4.78, 5) is 129. The predicted octanol–water partition coefficient (Wildman–Crippen LogP) is -4.69. The molecule has 0 saturated carbocycles. The lowest BCUT2D eigenvalue weighted by Gasteiger charge is -2.28. The predicted molar refractivity (Wildman–Crippen MR) is 275 cm³/mol. The van der Waals surface area contributed by atoms with Crippen LogP contribution in [-0.4, -0.2) is 168 Å². The Morgan fingerprint density at radius 2 is 1.51 bits per heavy atom. The van der Waals surface area contributed by atoms with Crippen LogP contribution in [0.5, 0.6) is 0 Å². The maximum absolute atomic E-state index is 14.2. The Balaban J connectivity index is 2.30. The highest BCUT2D eigenvalue weighted by molar-refractivity contribution is 6.40. The van der Waals surface area contributed by atoms with E-state index >= 15 is 0 Å². The molecule has 412 valence electrons. The zero-order chi connectivity index (χ0) is 55.3. The molecule has 1 aromatic carbocycles. The van der Waals surface area contributed by atoms with E-state index in [2.05, 4.69) is 41.9 Å². The van der Waals surface area contributed by atoms with Crippen molar-refractivity contribution in [2.45, 2.75) is 126 Å². The molecule has 8 amide bonds. The number of nitrogens with zero attached hydrogens (tertiary/aromatic N) is 3. The van der Waals surface area contributed by atoms with Crippen LogP contribution in [-0.2, 0) is 49.6 Å². The van der Waals surface area contributed by atoms with Crippen LogP contribution < -0.4 is 72.0 Å². The number of halogens is 1. The molecular weight excluding hydrogens is 988 g/mol. The Bertz CT molecular complexity index is 2180. The van der Waals surface area contributed by atoms with Gasteiger partial charge in [-0.15, -0.1) is 0 Å². The lowest BCUT2D eigenvalue weighted by molar-refractivity contribution is -0.137. The average Bonchev–Trinajstić information content (AvgIpc) is 3.86. The normalized spacial score (nSPS) is 16.1. The Kier molecular flexibility index (Phi) is 29.2.